The molecular formula is C15H10ClF3N4OS. The van der Waals surface area contributed by atoms with Crippen molar-refractivity contribution in [1.82, 2.24) is 14.6 Å². The minimum atomic E-state index is -4.62. The molecule has 3 rings (SSSR count). The topological polar surface area (TPSA) is 59.3 Å². The van der Waals surface area contributed by atoms with Crippen molar-refractivity contribution in [3.63, 3.8) is 0 Å². The number of hydrogen-bond acceptors (Lipinski definition) is 4. The Bertz CT molecular complexity index is 929. The second-order valence-corrected chi connectivity index (χ2v) is 6.31. The molecule has 2 heterocycles. The molecule has 0 aliphatic rings. The second-order valence-electron chi connectivity index (χ2n) is 4.94. The minimum absolute atomic E-state index is 0.0605. The molecule has 130 valence electrons. The molecule has 0 aliphatic carbocycles. The maximum Gasteiger partial charge on any atom is 0.418 e. The van der Waals surface area contributed by atoms with Crippen LogP contribution in [0.1, 0.15) is 5.56 Å². The van der Waals surface area contributed by atoms with Crippen LogP contribution in [0.25, 0.3) is 5.65 Å². The van der Waals surface area contributed by atoms with Crippen molar-refractivity contribution in [2.45, 2.75) is 11.3 Å². The van der Waals surface area contributed by atoms with Gasteiger partial charge in [0.1, 0.15) is 0 Å². The van der Waals surface area contributed by atoms with Crippen molar-refractivity contribution in [3.8, 4) is 0 Å². The van der Waals surface area contributed by atoms with Gasteiger partial charge in [0.05, 0.1) is 17.0 Å². The van der Waals surface area contributed by atoms with E-state index in [1.807, 2.05) is 0 Å². The van der Waals surface area contributed by atoms with Gasteiger partial charge in [-0.25, -0.2) is 0 Å². The molecule has 0 unspecified atom stereocenters. The quantitative estimate of drug-likeness (QED) is 0.685. The molecule has 2 aromatic heterocycles. The summed E-state index contributed by atoms with van der Waals surface area (Å²) in [5.74, 6) is -0.708. The standard InChI is InChI=1S/C15H10ClF3N4OS/c16-9-4-5-11(10(7-9)15(17,18)19)20-13(24)8-25-14-22-21-12-3-1-2-6-23(12)14/h1-7H,8H2,(H,20,24). The summed E-state index contributed by atoms with van der Waals surface area (Å²) in [6.07, 6.45) is -2.89. The summed E-state index contributed by atoms with van der Waals surface area (Å²) in [5.41, 5.74) is -0.720. The van der Waals surface area contributed by atoms with Crippen LogP contribution in [-0.4, -0.2) is 26.3 Å². The van der Waals surface area contributed by atoms with Gasteiger partial charge in [-0.1, -0.05) is 29.4 Å². The van der Waals surface area contributed by atoms with E-state index in [1.54, 1.807) is 28.8 Å². The SMILES string of the molecule is O=C(CSc1nnc2ccccn12)Nc1ccc(Cl)cc1C(F)(F)F. The Morgan fingerprint density at radius 1 is 1.24 bits per heavy atom. The molecule has 0 saturated heterocycles. The van der Waals surface area contributed by atoms with E-state index in [4.69, 9.17) is 11.6 Å². The molecule has 5 nitrogen and oxygen atoms in total. The third-order valence-corrected chi connectivity index (χ3v) is 4.35. The highest BCUT2D eigenvalue weighted by Crippen LogP contribution is 2.36. The van der Waals surface area contributed by atoms with Crippen molar-refractivity contribution in [3.05, 3.63) is 53.2 Å². The van der Waals surface area contributed by atoms with Crippen LogP contribution in [-0.2, 0) is 11.0 Å². The molecular weight excluding hydrogens is 377 g/mol. The van der Waals surface area contributed by atoms with E-state index in [0.717, 1.165) is 23.9 Å². The van der Waals surface area contributed by atoms with Gasteiger partial charge in [0.15, 0.2) is 10.8 Å². The smallest absolute Gasteiger partial charge is 0.325 e. The zero-order chi connectivity index (χ0) is 18.0. The Balaban J connectivity index is 1.71. The van der Waals surface area contributed by atoms with Crippen LogP contribution in [0.4, 0.5) is 18.9 Å². The zero-order valence-corrected chi connectivity index (χ0v) is 14.0. The Labute approximate surface area is 149 Å². The number of thioether (sulfide) groups is 1. The number of halogens is 4. The van der Waals surface area contributed by atoms with Crippen molar-refractivity contribution in [2.24, 2.45) is 0 Å². The predicted molar refractivity (Wildman–Crippen MR) is 88.8 cm³/mol. The Morgan fingerprint density at radius 3 is 2.80 bits per heavy atom. The van der Waals surface area contributed by atoms with Gasteiger partial charge in [-0.3, -0.25) is 9.20 Å². The van der Waals surface area contributed by atoms with Gasteiger partial charge < -0.3 is 5.32 Å². The van der Waals surface area contributed by atoms with Crippen LogP contribution in [0.15, 0.2) is 47.8 Å². The van der Waals surface area contributed by atoms with E-state index >= 15 is 0 Å². The van der Waals surface area contributed by atoms with E-state index in [1.165, 1.54) is 6.07 Å². The van der Waals surface area contributed by atoms with Crippen molar-refractivity contribution in [2.75, 3.05) is 11.1 Å². The normalized spacial score (nSPS) is 11.7. The third kappa shape index (κ3) is 4.05. The molecule has 1 aromatic carbocycles. The molecule has 0 fully saturated rings. The number of alkyl halides is 3. The molecule has 10 heteroatoms. The Kier molecular flexibility index (Phi) is 4.87. The summed E-state index contributed by atoms with van der Waals surface area (Å²) in [6, 6.07) is 8.51. The van der Waals surface area contributed by atoms with Crippen LogP contribution < -0.4 is 5.32 Å². The molecule has 0 saturated carbocycles. The number of carbonyl (C=O) groups excluding carboxylic acids is 1. The highest BCUT2D eigenvalue weighted by Gasteiger charge is 2.34. The van der Waals surface area contributed by atoms with Gasteiger partial charge in [0.2, 0.25) is 5.91 Å². The first-order valence-corrected chi connectivity index (χ1v) is 8.30. The molecule has 1 N–H and O–H groups in total. The van der Waals surface area contributed by atoms with E-state index in [-0.39, 0.29) is 16.5 Å². The molecule has 0 atom stereocenters. The van der Waals surface area contributed by atoms with Gasteiger partial charge in [-0.05, 0) is 30.3 Å². The number of pyridine rings is 1. The van der Waals surface area contributed by atoms with Crippen LogP contribution in [0, 0.1) is 0 Å². The number of nitrogens with one attached hydrogen (secondary N) is 1. The van der Waals surface area contributed by atoms with Crippen LogP contribution >= 0.6 is 23.4 Å². The highest BCUT2D eigenvalue weighted by atomic mass is 35.5. The molecule has 1 amide bonds. The monoisotopic (exact) mass is 386 g/mol. The third-order valence-electron chi connectivity index (χ3n) is 3.18. The molecule has 0 bridgehead atoms. The van der Waals surface area contributed by atoms with Crippen LogP contribution in [0.2, 0.25) is 5.02 Å². The second kappa shape index (κ2) is 6.93. The first kappa shape index (κ1) is 17.6. The average Bonchev–Trinajstić information content (AvgIpc) is 2.97. The number of hydrogen-bond donors (Lipinski definition) is 1. The van der Waals surface area contributed by atoms with E-state index in [2.05, 4.69) is 15.5 Å². The van der Waals surface area contributed by atoms with Crippen molar-refractivity contribution >= 4 is 40.6 Å². The van der Waals surface area contributed by atoms with Gasteiger partial charge in [-0.2, -0.15) is 13.2 Å². The average molecular weight is 387 g/mol. The number of aromatic nitrogens is 3. The summed E-state index contributed by atoms with van der Waals surface area (Å²) in [7, 11) is 0. The number of carbonyl (C=O) groups is 1. The fourth-order valence-corrected chi connectivity index (χ4v) is 2.99. The first-order valence-electron chi connectivity index (χ1n) is 6.94. The molecule has 25 heavy (non-hydrogen) atoms. The highest BCUT2D eigenvalue weighted by molar-refractivity contribution is 7.99. The fourth-order valence-electron chi connectivity index (χ4n) is 2.09. The first-order chi connectivity index (χ1) is 11.8. The Hall–Kier alpha value is -2.26. The Morgan fingerprint density at radius 2 is 2.04 bits per heavy atom. The summed E-state index contributed by atoms with van der Waals surface area (Å²) < 4.78 is 40.8. The van der Waals surface area contributed by atoms with E-state index in [0.29, 0.717) is 10.8 Å². The summed E-state index contributed by atoms with van der Waals surface area (Å²) in [6.45, 7) is 0. The van der Waals surface area contributed by atoms with Crippen molar-refractivity contribution < 1.29 is 18.0 Å². The maximum absolute atomic E-state index is 13.0. The molecule has 0 radical (unpaired) electrons. The fraction of sp³-hybridized carbons (Fsp3) is 0.133. The minimum Gasteiger partial charge on any atom is -0.325 e. The number of anilines is 1. The molecule has 0 aliphatic heterocycles. The molecule has 0 spiro atoms. The lowest BCUT2D eigenvalue weighted by atomic mass is 10.1. The van der Waals surface area contributed by atoms with Crippen LogP contribution in [0.3, 0.4) is 0 Å². The van der Waals surface area contributed by atoms with Crippen molar-refractivity contribution in [1.29, 1.82) is 0 Å². The van der Waals surface area contributed by atoms with Gasteiger partial charge in [0.25, 0.3) is 0 Å². The molecule has 3 aromatic rings. The number of rotatable bonds is 4. The van der Waals surface area contributed by atoms with E-state index < -0.39 is 17.6 Å². The van der Waals surface area contributed by atoms with E-state index in [9.17, 15) is 18.0 Å². The summed E-state index contributed by atoms with van der Waals surface area (Å²) in [4.78, 5) is 12.0. The maximum atomic E-state index is 13.0. The van der Waals surface area contributed by atoms with Crippen LogP contribution in [0.5, 0.6) is 0 Å². The lowest BCUT2D eigenvalue weighted by molar-refractivity contribution is -0.137. The number of benzene rings is 1. The van der Waals surface area contributed by atoms with Gasteiger partial charge >= 0.3 is 6.18 Å². The predicted octanol–water partition coefficient (Wildman–Crippen LogP) is 4.13. The number of amides is 1. The largest absolute Gasteiger partial charge is 0.418 e. The lowest BCUT2D eigenvalue weighted by Gasteiger charge is -2.14. The van der Waals surface area contributed by atoms with Gasteiger partial charge in [-0.15, -0.1) is 10.2 Å². The summed E-state index contributed by atoms with van der Waals surface area (Å²) in [5, 5.41) is 10.5. The zero-order valence-electron chi connectivity index (χ0n) is 12.4. The van der Waals surface area contributed by atoms with Gasteiger partial charge in [0, 0.05) is 11.2 Å². The summed E-state index contributed by atoms with van der Waals surface area (Å²) >= 11 is 6.68. The lowest BCUT2D eigenvalue weighted by Crippen LogP contribution is -2.18. The number of nitrogens with zero attached hydrogens (tertiary/aromatic N) is 3. The number of fused-ring (bicyclic) bond motifs is 1.